The Balaban J connectivity index is 2.11. The van der Waals surface area contributed by atoms with Crippen LogP contribution in [0.1, 0.15) is 10.4 Å². The molecule has 0 fully saturated rings. The maximum atomic E-state index is 4.22. The molecule has 1 N–H and O–H groups in total. The quantitative estimate of drug-likeness (QED) is 0.834. The topological polar surface area (TPSA) is 37.8 Å². The van der Waals surface area contributed by atoms with Crippen molar-refractivity contribution in [2.24, 2.45) is 0 Å². The molecular weight excluding hydrogens is 194 g/mol. The van der Waals surface area contributed by atoms with E-state index in [-0.39, 0.29) is 0 Å². The summed E-state index contributed by atoms with van der Waals surface area (Å²) in [6.07, 6.45) is 6.48. The predicted octanol–water partition coefficient (Wildman–Crippen LogP) is 2.17. The van der Waals surface area contributed by atoms with E-state index in [9.17, 15) is 0 Å². The molecule has 3 nitrogen and oxygen atoms in total. The Morgan fingerprint density at radius 2 is 2.14 bits per heavy atom. The molecule has 14 heavy (non-hydrogen) atoms. The van der Waals surface area contributed by atoms with Gasteiger partial charge in [-0.2, -0.15) is 0 Å². The average Bonchev–Trinajstić information content (AvgIpc) is 2.67. The summed E-state index contributed by atoms with van der Waals surface area (Å²) in [4.78, 5) is 9.47. The van der Waals surface area contributed by atoms with Gasteiger partial charge in [0, 0.05) is 36.9 Å². The van der Waals surface area contributed by atoms with E-state index in [1.165, 1.54) is 10.4 Å². The van der Waals surface area contributed by atoms with Gasteiger partial charge in [0.2, 0.25) is 0 Å². The Bertz CT molecular complexity index is 397. The van der Waals surface area contributed by atoms with Crippen molar-refractivity contribution in [3.63, 3.8) is 0 Å². The second-order valence-electron chi connectivity index (χ2n) is 2.91. The van der Waals surface area contributed by atoms with Gasteiger partial charge in [-0.15, -0.1) is 11.3 Å². The van der Waals surface area contributed by atoms with Crippen molar-refractivity contribution >= 4 is 16.5 Å². The zero-order chi connectivity index (χ0) is 9.80. The molecule has 0 unspecified atom stereocenters. The number of rotatable bonds is 3. The number of pyridine rings is 1. The van der Waals surface area contributed by atoms with Crippen molar-refractivity contribution in [1.29, 1.82) is 0 Å². The third kappa shape index (κ3) is 2.09. The van der Waals surface area contributed by atoms with Gasteiger partial charge in [-0.3, -0.25) is 4.98 Å². The van der Waals surface area contributed by atoms with Crippen molar-refractivity contribution in [2.75, 3.05) is 12.4 Å². The zero-order valence-electron chi connectivity index (χ0n) is 7.90. The summed E-state index contributed by atoms with van der Waals surface area (Å²) in [5, 5.41) is 3.99. The van der Waals surface area contributed by atoms with Crippen LogP contribution in [-0.4, -0.2) is 17.0 Å². The van der Waals surface area contributed by atoms with Crippen molar-refractivity contribution in [3.05, 3.63) is 41.2 Å². The number of hydrogen-bond donors (Lipinski definition) is 1. The molecule has 0 radical (unpaired) electrons. The summed E-state index contributed by atoms with van der Waals surface area (Å²) in [5.41, 5.74) is 1.27. The number of thiazole rings is 1. The number of aromatic nitrogens is 2. The molecule has 0 aromatic carbocycles. The van der Waals surface area contributed by atoms with Crippen LogP contribution in [0.5, 0.6) is 0 Å². The number of anilines is 1. The lowest BCUT2D eigenvalue weighted by molar-refractivity contribution is 1.18. The van der Waals surface area contributed by atoms with E-state index in [0.717, 1.165) is 11.6 Å². The van der Waals surface area contributed by atoms with Gasteiger partial charge >= 0.3 is 0 Å². The average molecular weight is 205 g/mol. The SMILES string of the molecule is CNc1ncc(Cc2ccncc2)s1. The molecule has 0 aliphatic heterocycles. The lowest BCUT2D eigenvalue weighted by Crippen LogP contribution is -1.84. The normalized spacial score (nSPS) is 10.1. The third-order valence-corrected chi connectivity index (χ3v) is 2.91. The summed E-state index contributed by atoms with van der Waals surface area (Å²) >= 11 is 1.69. The molecule has 0 bridgehead atoms. The molecule has 2 aromatic heterocycles. The number of nitrogens with one attached hydrogen (secondary N) is 1. The molecule has 72 valence electrons. The van der Waals surface area contributed by atoms with Gasteiger partial charge in [-0.25, -0.2) is 4.98 Å². The minimum atomic E-state index is 0.932. The Labute approximate surface area is 86.8 Å². The van der Waals surface area contributed by atoms with Crippen LogP contribution in [0, 0.1) is 0 Å². The lowest BCUT2D eigenvalue weighted by atomic mass is 10.2. The molecule has 0 amide bonds. The zero-order valence-corrected chi connectivity index (χ0v) is 8.71. The van der Waals surface area contributed by atoms with Gasteiger partial charge < -0.3 is 5.32 Å². The van der Waals surface area contributed by atoms with Crippen LogP contribution < -0.4 is 5.32 Å². The van der Waals surface area contributed by atoms with Crippen LogP contribution in [0.2, 0.25) is 0 Å². The second-order valence-corrected chi connectivity index (χ2v) is 4.03. The highest BCUT2D eigenvalue weighted by atomic mass is 32.1. The minimum Gasteiger partial charge on any atom is -0.365 e. The summed E-state index contributed by atoms with van der Waals surface area (Å²) < 4.78 is 0. The predicted molar refractivity (Wildman–Crippen MR) is 58.7 cm³/mol. The smallest absolute Gasteiger partial charge is 0.182 e. The summed E-state index contributed by atoms with van der Waals surface area (Å²) in [5.74, 6) is 0. The Kier molecular flexibility index (Phi) is 2.74. The van der Waals surface area contributed by atoms with Crippen LogP contribution >= 0.6 is 11.3 Å². The monoisotopic (exact) mass is 205 g/mol. The first-order valence-electron chi connectivity index (χ1n) is 4.40. The van der Waals surface area contributed by atoms with Gasteiger partial charge in [0.15, 0.2) is 5.13 Å². The van der Waals surface area contributed by atoms with E-state index in [1.807, 2.05) is 37.8 Å². The molecule has 0 aliphatic rings. The largest absolute Gasteiger partial charge is 0.365 e. The standard InChI is InChI=1S/C10H11N3S/c1-11-10-13-7-9(14-10)6-8-2-4-12-5-3-8/h2-5,7H,6H2,1H3,(H,11,13). The molecule has 2 aromatic rings. The van der Waals surface area contributed by atoms with Crippen LogP contribution in [-0.2, 0) is 6.42 Å². The Hall–Kier alpha value is -1.42. The number of hydrogen-bond acceptors (Lipinski definition) is 4. The summed E-state index contributed by atoms with van der Waals surface area (Å²) in [7, 11) is 1.88. The van der Waals surface area contributed by atoms with E-state index in [4.69, 9.17) is 0 Å². The van der Waals surface area contributed by atoms with Crippen LogP contribution in [0.3, 0.4) is 0 Å². The molecular formula is C10H11N3S. The van der Waals surface area contributed by atoms with Gasteiger partial charge in [0.25, 0.3) is 0 Å². The van der Waals surface area contributed by atoms with Gasteiger partial charge in [-0.1, -0.05) is 0 Å². The highest BCUT2D eigenvalue weighted by Gasteiger charge is 2.00. The Morgan fingerprint density at radius 1 is 1.36 bits per heavy atom. The van der Waals surface area contributed by atoms with E-state index in [2.05, 4.69) is 15.3 Å². The van der Waals surface area contributed by atoms with E-state index in [1.54, 1.807) is 11.3 Å². The molecule has 4 heteroatoms. The maximum Gasteiger partial charge on any atom is 0.182 e. The molecule has 0 aliphatic carbocycles. The molecule has 2 rings (SSSR count). The first-order chi connectivity index (χ1) is 6.88. The molecule has 0 saturated carbocycles. The molecule has 0 spiro atoms. The van der Waals surface area contributed by atoms with E-state index >= 15 is 0 Å². The van der Waals surface area contributed by atoms with E-state index in [0.29, 0.717) is 0 Å². The second kappa shape index (κ2) is 4.19. The fourth-order valence-corrected chi connectivity index (χ4v) is 2.01. The first-order valence-corrected chi connectivity index (χ1v) is 5.21. The molecule has 0 atom stereocenters. The van der Waals surface area contributed by atoms with E-state index < -0.39 is 0 Å². The first kappa shape index (κ1) is 9.15. The lowest BCUT2D eigenvalue weighted by Gasteiger charge is -1.95. The van der Waals surface area contributed by atoms with Gasteiger partial charge in [0.1, 0.15) is 0 Å². The highest BCUT2D eigenvalue weighted by molar-refractivity contribution is 7.15. The van der Waals surface area contributed by atoms with Crippen molar-refractivity contribution in [1.82, 2.24) is 9.97 Å². The number of nitrogens with zero attached hydrogens (tertiary/aromatic N) is 2. The Morgan fingerprint density at radius 3 is 2.79 bits per heavy atom. The molecule has 2 heterocycles. The summed E-state index contributed by atoms with van der Waals surface area (Å²) in [6, 6.07) is 4.05. The van der Waals surface area contributed by atoms with Crippen molar-refractivity contribution in [3.8, 4) is 0 Å². The minimum absolute atomic E-state index is 0.932. The van der Waals surface area contributed by atoms with Gasteiger partial charge in [0.05, 0.1) is 0 Å². The maximum absolute atomic E-state index is 4.22. The van der Waals surface area contributed by atoms with Crippen molar-refractivity contribution in [2.45, 2.75) is 6.42 Å². The van der Waals surface area contributed by atoms with Crippen molar-refractivity contribution < 1.29 is 0 Å². The fraction of sp³-hybridized carbons (Fsp3) is 0.200. The highest BCUT2D eigenvalue weighted by Crippen LogP contribution is 2.19. The fourth-order valence-electron chi connectivity index (χ4n) is 1.21. The van der Waals surface area contributed by atoms with Crippen LogP contribution in [0.25, 0.3) is 0 Å². The molecule has 0 saturated heterocycles. The van der Waals surface area contributed by atoms with Gasteiger partial charge in [-0.05, 0) is 17.7 Å². The third-order valence-electron chi connectivity index (χ3n) is 1.90. The van der Waals surface area contributed by atoms with Crippen LogP contribution in [0.15, 0.2) is 30.7 Å². The van der Waals surface area contributed by atoms with Crippen LogP contribution in [0.4, 0.5) is 5.13 Å². The summed E-state index contributed by atoms with van der Waals surface area (Å²) in [6.45, 7) is 0.